The Bertz CT molecular complexity index is 1020. The number of carboxylic acid groups (broad SMARTS) is 1. The number of aryl methyl sites for hydroxylation is 1. The Kier molecular flexibility index (Phi) is 3.61. The third kappa shape index (κ3) is 2.42. The number of aromatic carboxylic acids is 1. The minimum atomic E-state index is -0.907. The van der Waals surface area contributed by atoms with E-state index in [9.17, 15) is 14.7 Å². The van der Waals surface area contributed by atoms with Gasteiger partial charge in [0, 0.05) is 36.6 Å². The van der Waals surface area contributed by atoms with Crippen LogP contribution in [-0.2, 0) is 17.6 Å². The molecule has 3 heterocycles. The Labute approximate surface area is 148 Å². The number of amides is 1. The van der Waals surface area contributed by atoms with Gasteiger partial charge in [0.2, 0.25) is 5.91 Å². The summed E-state index contributed by atoms with van der Waals surface area (Å²) in [7, 11) is 0. The molecule has 1 N–H and O–H groups in total. The third-order valence-corrected chi connectivity index (χ3v) is 5.68. The molecule has 1 aliphatic rings. The second-order valence-corrected chi connectivity index (χ2v) is 7.06. The monoisotopic (exact) mass is 355 g/mol. The van der Waals surface area contributed by atoms with E-state index in [-0.39, 0.29) is 5.91 Å². The molecule has 1 aromatic carbocycles. The number of thiazole rings is 1. The molecule has 0 radical (unpaired) electrons. The van der Waals surface area contributed by atoms with Gasteiger partial charge < -0.3 is 10.0 Å². The zero-order valence-electron chi connectivity index (χ0n) is 13.9. The van der Waals surface area contributed by atoms with E-state index < -0.39 is 5.97 Å². The first-order valence-electron chi connectivity index (χ1n) is 8.15. The molecule has 0 saturated heterocycles. The van der Waals surface area contributed by atoms with Crippen molar-refractivity contribution in [2.75, 3.05) is 11.4 Å². The molecule has 0 aliphatic carbocycles. The molecule has 0 atom stereocenters. The van der Waals surface area contributed by atoms with Crippen LogP contribution in [0.15, 0.2) is 24.4 Å². The zero-order chi connectivity index (χ0) is 17.7. The summed E-state index contributed by atoms with van der Waals surface area (Å²) in [6, 6.07) is 6.01. The summed E-state index contributed by atoms with van der Waals surface area (Å²) in [6.45, 7) is 4.24. The van der Waals surface area contributed by atoms with Crippen LogP contribution in [0.25, 0.3) is 16.2 Å². The predicted octanol–water partition coefficient (Wildman–Crippen LogP) is 3.23. The van der Waals surface area contributed by atoms with Crippen molar-refractivity contribution in [3.8, 4) is 11.3 Å². The lowest BCUT2D eigenvalue weighted by Gasteiger charge is -2.14. The van der Waals surface area contributed by atoms with E-state index >= 15 is 0 Å². The van der Waals surface area contributed by atoms with Gasteiger partial charge in [0.25, 0.3) is 0 Å². The van der Waals surface area contributed by atoms with Crippen LogP contribution >= 0.6 is 11.3 Å². The quantitative estimate of drug-likeness (QED) is 0.783. The molecular weight excluding hydrogens is 338 g/mol. The largest absolute Gasteiger partial charge is 0.477 e. The molecule has 0 spiro atoms. The van der Waals surface area contributed by atoms with Crippen molar-refractivity contribution >= 4 is 33.9 Å². The Hall–Kier alpha value is -2.67. The maximum atomic E-state index is 11.7. The maximum absolute atomic E-state index is 11.7. The smallest absolute Gasteiger partial charge is 0.347 e. The zero-order valence-corrected chi connectivity index (χ0v) is 14.8. The van der Waals surface area contributed by atoms with Crippen LogP contribution in [0.3, 0.4) is 0 Å². The molecule has 25 heavy (non-hydrogen) atoms. The molecule has 128 valence electrons. The maximum Gasteiger partial charge on any atom is 0.347 e. The average Bonchev–Trinajstić information content (AvgIpc) is 3.25. The topological polar surface area (TPSA) is 74.9 Å². The van der Waals surface area contributed by atoms with Crippen molar-refractivity contribution in [1.82, 2.24) is 9.38 Å². The van der Waals surface area contributed by atoms with Crippen LogP contribution in [0.1, 0.15) is 34.8 Å². The summed E-state index contributed by atoms with van der Waals surface area (Å²) in [5.41, 5.74) is 4.70. The van der Waals surface area contributed by atoms with E-state index in [4.69, 9.17) is 0 Å². The highest BCUT2D eigenvalue weighted by Crippen LogP contribution is 2.33. The van der Waals surface area contributed by atoms with E-state index in [1.54, 1.807) is 11.8 Å². The van der Waals surface area contributed by atoms with Gasteiger partial charge in [0.1, 0.15) is 4.88 Å². The molecule has 0 saturated carbocycles. The number of hydrogen-bond acceptors (Lipinski definition) is 4. The predicted molar refractivity (Wildman–Crippen MR) is 96.6 cm³/mol. The van der Waals surface area contributed by atoms with E-state index in [0.29, 0.717) is 22.8 Å². The highest BCUT2D eigenvalue weighted by Gasteiger charge is 2.23. The van der Waals surface area contributed by atoms with Crippen molar-refractivity contribution in [3.63, 3.8) is 0 Å². The lowest BCUT2D eigenvalue weighted by Crippen LogP contribution is -2.25. The number of benzene rings is 1. The van der Waals surface area contributed by atoms with Crippen LogP contribution in [0.2, 0.25) is 0 Å². The summed E-state index contributed by atoms with van der Waals surface area (Å²) in [4.78, 5) is 30.5. The van der Waals surface area contributed by atoms with Crippen molar-refractivity contribution in [2.24, 2.45) is 0 Å². The summed E-state index contributed by atoms with van der Waals surface area (Å²) >= 11 is 1.20. The number of carbonyl (C=O) groups excluding carboxylic acids is 1. The van der Waals surface area contributed by atoms with E-state index in [1.807, 2.05) is 29.7 Å². The van der Waals surface area contributed by atoms with Gasteiger partial charge in [-0.05, 0) is 30.5 Å². The van der Waals surface area contributed by atoms with Gasteiger partial charge in [0.05, 0.1) is 5.69 Å². The second-order valence-electron chi connectivity index (χ2n) is 6.08. The van der Waals surface area contributed by atoms with E-state index in [1.165, 1.54) is 11.3 Å². The average molecular weight is 355 g/mol. The van der Waals surface area contributed by atoms with Crippen LogP contribution < -0.4 is 4.90 Å². The first kappa shape index (κ1) is 15.8. The highest BCUT2D eigenvalue weighted by atomic mass is 32.1. The minimum absolute atomic E-state index is 0.0581. The number of fused-ring (bicyclic) bond motifs is 2. The molecule has 3 aromatic rings. The van der Waals surface area contributed by atoms with E-state index in [2.05, 4.69) is 11.1 Å². The van der Waals surface area contributed by atoms with E-state index in [0.717, 1.165) is 34.6 Å². The fourth-order valence-corrected chi connectivity index (χ4v) is 4.45. The van der Waals surface area contributed by atoms with Crippen molar-refractivity contribution < 1.29 is 14.7 Å². The Balaban J connectivity index is 1.77. The number of aromatic nitrogens is 2. The third-order valence-electron chi connectivity index (χ3n) is 4.60. The number of hydrogen-bond donors (Lipinski definition) is 1. The van der Waals surface area contributed by atoms with Crippen molar-refractivity contribution in [2.45, 2.75) is 26.7 Å². The SMILES string of the molecule is CCc1c(C(=O)O)sc2nc(-c3ccc4c(c3)CCN4C(C)=O)cn12. The number of nitrogens with zero attached hydrogens (tertiary/aromatic N) is 3. The molecular formula is C18H17N3O3S. The van der Waals surface area contributed by atoms with Crippen LogP contribution in [0, 0.1) is 0 Å². The molecule has 0 bridgehead atoms. The van der Waals surface area contributed by atoms with Crippen molar-refractivity contribution in [3.05, 3.63) is 40.5 Å². The number of imidazole rings is 1. The Morgan fingerprint density at radius 3 is 2.84 bits per heavy atom. The van der Waals surface area contributed by atoms with Gasteiger partial charge in [-0.1, -0.05) is 24.3 Å². The number of anilines is 1. The lowest BCUT2D eigenvalue weighted by atomic mass is 10.1. The summed E-state index contributed by atoms with van der Waals surface area (Å²) in [6.07, 6.45) is 3.38. The summed E-state index contributed by atoms with van der Waals surface area (Å²) < 4.78 is 1.87. The number of carbonyl (C=O) groups is 2. The molecule has 4 rings (SSSR count). The summed E-state index contributed by atoms with van der Waals surface area (Å²) in [5, 5.41) is 9.32. The molecule has 0 unspecified atom stereocenters. The minimum Gasteiger partial charge on any atom is -0.477 e. The molecule has 2 aromatic heterocycles. The van der Waals surface area contributed by atoms with Gasteiger partial charge in [0.15, 0.2) is 4.96 Å². The molecule has 1 aliphatic heterocycles. The highest BCUT2D eigenvalue weighted by molar-refractivity contribution is 7.19. The Morgan fingerprint density at radius 2 is 2.16 bits per heavy atom. The number of carboxylic acids is 1. The van der Waals surface area contributed by atoms with Crippen LogP contribution in [0.4, 0.5) is 5.69 Å². The van der Waals surface area contributed by atoms with Gasteiger partial charge in [-0.25, -0.2) is 9.78 Å². The molecule has 1 amide bonds. The van der Waals surface area contributed by atoms with Crippen LogP contribution in [0.5, 0.6) is 0 Å². The second kappa shape index (κ2) is 5.70. The summed E-state index contributed by atoms with van der Waals surface area (Å²) in [5.74, 6) is -0.849. The fourth-order valence-electron chi connectivity index (χ4n) is 3.41. The molecule has 0 fully saturated rings. The molecule has 7 heteroatoms. The van der Waals surface area contributed by atoms with Crippen LogP contribution in [-0.4, -0.2) is 32.9 Å². The fraction of sp³-hybridized carbons (Fsp3) is 0.278. The first-order valence-corrected chi connectivity index (χ1v) is 8.96. The van der Waals surface area contributed by atoms with Gasteiger partial charge in [-0.2, -0.15) is 0 Å². The normalized spacial score (nSPS) is 13.4. The van der Waals surface area contributed by atoms with Crippen molar-refractivity contribution in [1.29, 1.82) is 0 Å². The molecule has 6 nitrogen and oxygen atoms in total. The van der Waals surface area contributed by atoms with Gasteiger partial charge in [-0.15, -0.1) is 0 Å². The first-order chi connectivity index (χ1) is 12.0. The van der Waals surface area contributed by atoms with Gasteiger partial charge >= 0.3 is 5.97 Å². The standard InChI is InChI=1S/C18H17N3O3S/c1-3-14-16(17(23)24)25-18-19-13(9-21(14)18)11-4-5-15-12(8-11)6-7-20(15)10(2)22/h4-5,8-9H,3,6-7H2,1-2H3,(H,23,24). The number of rotatable bonds is 3. The van der Waals surface area contributed by atoms with Gasteiger partial charge in [-0.3, -0.25) is 9.20 Å². The lowest BCUT2D eigenvalue weighted by molar-refractivity contribution is -0.116. The Morgan fingerprint density at radius 1 is 1.36 bits per heavy atom.